The summed E-state index contributed by atoms with van der Waals surface area (Å²) in [5.41, 5.74) is 0.883. The van der Waals surface area contributed by atoms with Crippen molar-refractivity contribution >= 4 is 24.3 Å². The average Bonchev–Trinajstić information content (AvgIpc) is 2.84. The highest BCUT2D eigenvalue weighted by Gasteiger charge is 2.34. The first-order chi connectivity index (χ1) is 16.0. The number of carbonyl (C=O) groups excluding carboxylic acids is 1. The summed E-state index contributed by atoms with van der Waals surface area (Å²) < 4.78 is 31.3. The molecule has 2 atom stereocenters. The molecule has 0 amide bonds. The maximum Gasteiger partial charge on any atom is 0.431 e. The highest BCUT2D eigenvalue weighted by Crippen LogP contribution is 2.51. The lowest BCUT2D eigenvalue weighted by Crippen LogP contribution is -2.21. The molecule has 0 aromatic heterocycles. The molecule has 0 bridgehead atoms. The Bertz CT molecular complexity index is 1250. The van der Waals surface area contributed by atoms with Crippen LogP contribution in [0.25, 0.3) is 10.8 Å². The SMILES string of the molecule is C[C@H](C[P@](=O)(Oc1ccccc1)Oc1cccc2ccccc12)C(=O)OCc1ccccc1. The van der Waals surface area contributed by atoms with Crippen molar-refractivity contribution in [3.05, 3.63) is 109 Å². The molecule has 0 aliphatic rings. The molecule has 0 spiro atoms. The molecule has 168 valence electrons. The van der Waals surface area contributed by atoms with Crippen LogP contribution < -0.4 is 9.05 Å². The van der Waals surface area contributed by atoms with Crippen molar-refractivity contribution in [1.82, 2.24) is 0 Å². The minimum Gasteiger partial charge on any atom is -0.461 e. The molecule has 4 rings (SSSR count). The first-order valence-corrected chi connectivity index (χ1v) is 12.5. The van der Waals surface area contributed by atoms with Crippen LogP contribution >= 0.6 is 7.60 Å². The van der Waals surface area contributed by atoms with Crippen LogP contribution in [0.4, 0.5) is 0 Å². The lowest BCUT2D eigenvalue weighted by Gasteiger charge is -2.23. The number of benzene rings is 4. The molecule has 0 N–H and O–H groups in total. The van der Waals surface area contributed by atoms with E-state index in [1.54, 1.807) is 37.3 Å². The topological polar surface area (TPSA) is 61.8 Å². The van der Waals surface area contributed by atoms with Gasteiger partial charge < -0.3 is 13.8 Å². The van der Waals surface area contributed by atoms with Gasteiger partial charge in [0.1, 0.15) is 18.1 Å². The van der Waals surface area contributed by atoms with Crippen LogP contribution in [-0.2, 0) is 20.7 Å². The summed E-state index contributed by atoms with van der Waals surface area (Å²) >= 11 is 0. The molecule has 4 aromatic rings. The smallest absolute Gasteiger partial charge is 0.431 e. The van der Waals surface area contributed by atoms with Crippen molar-refractivity contribution in [3.63, 3.8) is 0 Å². The van der Waals surface area contributed by atoms with Gasteiger partial charge in [-0.3, -0.25) is 4.79 Å². The van der Waals surface area contributed by atoms with Gasteiger partial charge in [-0.1, -0.05) is 91.9 Å². The van der Waals surface area contributed by atoms with E-state index in [0.29, 0.717) is 11.5 Å². The van der Waals surface area contributed by atoms with Crippen LogP contribution in [0.2, 0.25) is 0 Å². The van der Waals surface area contributed by atoms with E-state index < -0.39 is 19.5 Å². The normalized spacial score (nSPS) is 13.6. The maximum absolute atomic E-state index is 13.9. The summed E-state index contributed by atoms with van der Waals surface area (Å²) in [6.07, 6.45) is -0.126. The fourth-order valence-corrected chi connectivity index (χ4v) is 5.35. The molecule has 0 aliphatic heterocycles. The van der Waals surface area contributed by atoms with Gasteiger partial charge in [-0.2, -0.15) is 0 Å². The molecule has 5 nitrogen and oxygen atoms in total. The van der Waals surface area contributed by atoms with E-state index in [2.05, 4.69) is 0 Å². The predicted octanol–water partition coefficient (Wildman–Crippen LogP) is 6.87. The molecule has 0 fully saturated rings. The number of fused-ring (bicyclic) bond motifs is 1. The summed E-state index contributed by atoms with van der Waals surface area (Å²) in [7, 11) is -3.77. The zero-order chi connectivity index (χ0) is 23.1. The largest absolute Gasteiger partial charge is 0.461 e. The van der Waals surface area contributed by atoms with Gasteiger partial charge in [0.15, 0.2) is 0 Å². The van der Waals surface area contributed by atoms with Crippen molar-refractivity contribution in [2.75, 3.05) is 6.16 Å². The Morgan fingerprint density at radius 2 is 1.42 bits per heavy atom. The van der Waals surface area contributed by atoms with Gasteiger partial charge in [0, 0.05) is 5.39 Å². The molecule has 0 heterocycles. The Balaban J connectivity index is 1.54. The molecular weight excluding hydrogens is 435 g/mol. The molecule has 4 aromatic carbocycles. The fraction of sp³-hybridized carbons (Fsp3) is 0.148. The predicted molar refractivity (Wildman–Crippen MR) is 130 cm³/mol. The molecule has 0 saturated heterocycles. The van der Waals surface area contributed by atoms with E-state index in [4.69, 9.17) is 13.8 Å². The zero-order valence-corrected chi connectivity index (χ0v) is 19.2. The fourth-order valence-electron chi connectivity index (χ4n) is 3.44. The van der Waals surface area contributed by atoms with Gasteiger partial charge in [-0.15, -0.1) is 0 Å². The average molecular weight is 460 g/mol. The molecule has 0 aliphatic carbocycles. The van der Waals surface area contributed by atoms with Crippen molar-refractivity contribution in [2.45, 2.75) is 13.5 Å². The summed E-state index contributed by atoms with van der Waals surface area (Å²) in [6, 6.07) is 31.5. The third-order valence-electron chi connectivity index (χ3n) is 5.10. The van der Waals surface area contributed by atoms with E-state index in [1.165, 1.54) is 0 Å². The second-order valence-electron chi connectivity index (χ2n) is 7.76. The minimum absolute atomic E-state index is 0.126. The van der Waals surface area contributed by atoms with Gasteiger partial charge in [-0.25, -0.2) is 4.57 Å². The lowest BCUT2D eigenvalue weighted by molar-refractivity contribution is -0.148. The summed E-state index contributed by atoms with van der Waals surface area (Å²) in [5.74, 6) is -0.307. The Labute approximate surface area is 193 Å². The van der Waals surface area contributed by atoms with Crippen LogP contribution in [0, 0.1) is 5.92 Å². The van der Waals surface area contributed by atoms with Crippen molar-refractivity contribution in [3.8, 4) is 11.5 Å². The number of rotatable bonds is 9. The van der Waals surface area contributed by atoms with E-state index in [1.807, 2.05) is 72.8 Å². The second-order valence-corrected chi connectivity index (χ2v) is 9.71. The standard InChI is InChI=1S/C27H25O5P/c1-21(27(28)30-19-22-11-4-2-5-12-22)20-33(29,31-24-15-6-3-7-16-24)32-26-18-10-14-23-13-8-9-17-25(23)26/h2-18,21H,19-20H2,1H3/t21-,33+/m1/s1. The monoisotopic (exact) mass is 460 g/mol. The van der Waals surface area contributed by atoms with Gasteiger partial charge in [0.05, 0.1) is 12.1 Å². The van der Waals surface area contributed by atoms with Crippen LogP contribution in [0.3, 0.4) is 0 Å². The Hall–Kier alpha value is -3.56. The Morgan fingerprint density at radius 1 is 0.788 bits per heavy atom. The number of hydrogen-bond acceptors (Lipinski definition) is 5. The van der Waals surface area contributed by atoms with Crippen molar-refractivity contribution in [1.29, 1.82) is 0 Å². The van der Waals surface area contributed by atoms with Crippen LogP contribution in [0.5, 0.6) is 11.5 Å². The molecule has 33 heavy (non-hydrogen) atoms. The number of ether oxygens (including phenoxy) is 1. The number of hydrogen-bond donors (Lipinski definition) is 0. The summed E-state index contributed by atoms with van der Waals surface area (Å²) in [5, 5.41) is 1.77. The van der Waals surface area contributed by atoms with E-state index in [9.17, 15) is 9.36 Å². The van der Waals surface area contributed by atoms with Crippen LogP contribution in [-0.4, -0.2) is 12.1 Å². The van der Waals surface area contributed by atoms with Crippen molar-refractivity contribution in [2.24, 2.45) is 5.92 Å². The van der Waals surface area contributed by atoms with Crippen molar-refractivity contribution < 1.29 is 23.1 Å². The molecule has 6 heteroatoms. The molecule has 0 saturated carbocycles. The van der Waals surface area contributed by atoms with Gasteiger partial charge >= 0.3 is 13.6 Å². The van der Waals surface area contributed by atoms with Gasteiger partial charge in [-0.05, 0) is 29.1 Å². The van der Waals surface area contributed by atoms with E-state index in [0.717, 1.165) is 16.3 Å². The third-order valence-corrected chi connectivity index (χ3v) is 7.06. The van der Waals surface area contributed by atoms with Crippen LogP contribution in [0.15, 0.2) is 103 Å². The zero-order valence-electron chi connectivity index (χ0n) is 18.3. The summed E-state index contributed by atoms with van der Waals surface area (Å²) in [4.78, 5) is 12.7. The Morgan fingerprint density at radius 3 is 2.18 bits per heavy atom. The molecular formula is C27H25O5P. The second kappa shape index (κ2) is 10.4. The van der Waals surface area contributed by atoms with Gasteiger partial charge in [0.25, 0.3) is 0 Å². The maximum atomic E-state index is 13.9. The number of carbonyl (C=O) groups is 1. The van der Waals surface area contributed by atoms with E-state index >= 15 is 0 Å². The highest BCUT2D eigenvalue weighted by molar-refractivity contribution is 7.54. The number of para-hydroxylation sites is 1. The first kappa shape index (κ1) is 22.6. The third kappa shape index (κ3) is 6.03. The molecule has 0 radical (unpaired) electrons. The van der Waals surface area contributed by atoms with Crippen LogP contribution in [0.1, 0.15) is 12.5 Å². The molecule has 0 unspecified atom stereocenters. The Kier molecular flexibility index (Phi) is 7.11. The van der Waals surface area contributed by atoms with E-state index in [-0.39, 0.29) is 12.8 Å². The lowest BCUT2D eigenvalue weighted by atomic mass is 10.1. The number of esters is 1. The summed E-state index contributed by atoms with van der Waals surface area (Å²) in [6.45, 7) is 1.82. The van der Waals surface area contributed by atoms with Gasteiger partial charge in [0.2, 0.25) is 0 Å². The quantitative estimate of drug-likeness (QED) is 0.201. The highest BCUT2D eigenvalue weighted by atomic mass is 31.2. The first-order valence-electron chi connectivity index (χ1n) is 10.7. The minimum atomic E-state index is -3.77.